The van der Waals surface area contributed by atoms with Gasteiger partial charge >= 0.3 is 0 Å². The molecule has 0 aromatic carbocycles. The summed E-state index contributed by atoms with van der Waals surface area (Å²) in [4.78, 5) is 0. The molecule has 1 fully saturated rings. The van der Waals surface area contributed by atoms with E-state index in [9.17, 15) is 0 Å². The van der Waals surface area contributed by atoms with Crippen molar-refractivity contribution < 1.29 is 0 Å². The van der Waals surface area contributed by atoms with Crippen LogP contribution in [0.3, 0.4) is 0 Å². The molecule has 0 unspecified atom stereocenters. The van der Waals surface area contributed by atoms with Crippen molar-refractivity contribution in [1.29, 1.82) is 0 Å². The molecule has 0 atom stereocenters. The highest BCUT2D eigenvalue weighted by Crippen LogP contribution is 2.24. The highest BCUT2D eigenvalue weighted by atomic mass is 79.9. The molecule has 1 nitrogen and oxygen atoms in total. The van der Waals surface area contributed by atoms with Crippen LogP contribution in [0.15, 0.2) is 0 Å². The third-order valence-corrected chi connectivity index (χ3v) is 3.03. The number of rotatable bonds is 1. The molecular formula is C7H14BrN. The van der Waals surface area contributed by atoms with Crippen LogP contribution in [0.2, 0.25) is 0 Å². The summed E-state index contributed by atoms with van der Waals surface area (Å²) in [5, 5.41) is 1.17. The van der Waals surface area contributed by atoms with Crippen LogP contribution < -0.4 is 5.73 Å². The van der Waals surface area contributed by atoms with Crippen LogP contribution in [0, 0.1) is 5.92 Å². The molecule has 0 bridgehead atoms. The zero-order valence-corrected chi connectivity index (χ0v) is 7.23. The minimum Gasteiger partial charge on any atom is -0.328 e. The lowest BCUT2D eigenvalue weighted by Crippen LogP contribution is -2.26. The second-order valence-corrected chi connectivity index (χ2v) is 3.58. The van der Waals surface area contributed by atoms with Gasteiger partial charge in [0.25, 0.3) is 0 Å². The lowest BCUT2D eigenvalue weighted by molar-refractivity contribution is 0.354. The van der Waals surface area contributed by atoms with Crippen molar-refractivity contribution in [2.45, 2.75) is 31.7 Å². The summed E-state index contributed by atoms with van der Waals surface area (Å²) < 4.78 is 0. The molecule has 0 spiro atoms. The van der Waals surface area contributed by atoms with Gasteiger partial charge in [0, 0.05) is 11.4 Å². The molecule has 0 radical (unpaired) electrons. The summed E-state index contributed by atoms with van der Waals surface area (Å²) in [6, 6.07) is 0.500. The Labute approximate surface area is 65.1 Å². The molecule has 1 saturated carbocycles. The van der Waals surface area contributed by atoms with E-state index in [0.29, 0.717) is 6.04 Å². The van der Waals surface area contributed by atoms with E-state index in [4.69, 9.17) is 5.73 Å². The summed E-state index contributed by atoms with van der Waals surface area (Å²) in [7, 11) is 0. The smallest absolute Gasteiger partial charge is 0.00596 e. The van der Waals surface area contributed by atoms with E-state index < -0.39 is 0 Å². The fourth-order valence-corrected chi connectivity index (χ4v) is 1.99. The predicted molar refractivity (Wildman–Crippen MR) is 43.7 cm³/mol. The molecule has 54 valence electrons. The molecule has 0 amide bonds. The van der Waals surface area contributed by atoms with Gasteiger partial charge in [-0.1, -0.05) is 15.9 Å². The molecular weight excluding hydrogens is 178 g/mol. The van der Waals surface area contributed by atoms with Crippen molar-refractivity contribution in [2.75, 3.05) is 5.33 Å². The van der Waals surface area contributed by atoms with Crippen LogP contribution in [0.25, 0.3) is 0 Å². The first-order valence-corrected chi connectivity index (χ1v) is 4.76. The van der Waals surface area contributed by atoms with Crippen molar-refractivity contribution in [3.05, 3.63) is 0 Å². The molecule has 0 aromatic heterocycles. The van der Waals surface area contributed by atoms with Crippen LogP contribution in [-0.4, -0.2) is 11.4 Å². The Morgan fingerprint density at radius 2 is 1.78 bits per heavy atom. The normalized spacial score (nSPS) is 36.7. The van der Waals surface area contributed by atoms with E-state index in [1.54, 1.807) is 0 Å². The Morgan fingerprint density at radius 3 is 2.22 bits per heavy atom. The molecule has 1 aliphatic rings. The van der Waals surface area contributed by atoms with Gasteiger partial charge in [0.2, 0.25) is 0 Å². The van der Waals surface area contributed by atoms with Crippen molar-refractivity contribution in [1.82, 2.24) is 0 Å². The van der Waals surface area contributed by atoms with Crippen LogP contribution in [0.5, 0.6) is 0 Å². The lowest BCUT2D eigenvalue weighted by Gasteiger charge is -2.23. The van der Waals surface area contributed by atoms with Gasteiger partial charge < -0.3 is 5.73 Å². The van der Waals surface area contributed by atoms with Crippen LogP contribution in [0.1, 0.15) is 25.7 Å². The quantitative estimate of drug-likeness (QED) is 0.631. The fraction of sp³-hybridized carbons (Fsp3) is 1.00. The second-order valence-electron chi connectivity index (χ2n) is 2.94. The van der Waals surface area contributed by atoms with Gasteiger partial charge in [-0.2, -0.15) is 0 Å². The summed E-state index contributed by atoms with van der Waals surface area (Å²) in [6.45, 7) is 0. The SMILES string of the molecule is NC1CCC(CBr)CC1. The Morgan fingerprint density at radius 1 is 1.22 bits per heavy atom. The van der Waals surface area contributed by atoms with E-state index in [2.05, 4.69) is 15.9 Å². The first-order chi connectivity index (χ1) is 4.33. The maximum atomic E-state index is 5.74. The van der Waals surface area contributed by atoms with E-state index in [-0.39, 0.29) is 0 Å². The van der Waals surface area contributed by atoms with Gasteiger partial charge in [-0.05, 0) is 31.6 Å². The number of nitrogens with two attached hydrogens (primary N) is 1. The van der Waals surface area contributed by atoms with Gasteiger partial charge in [0.05, 0.1) is 0 Å². The Balaban J connectivity index is 2.18. The molecule has 1 rings (SSSR count). The molecule has 0 aliphatic heterocycles. The van der Waals surface area contributed by atoms with Gasteiger partial charge in [-0.3, -0.25) is 0 Å². The number of halogens is 1. The summed E-state index contributed by atoms with van der Waals surface area (Å²) >= 11 is 3.49. The summed E-state index contributed by atoms with van der Waals surface area (Å²) in [6.07, 6.45) is 5.12. The maximum Gasteiger partial charge on any atom is 0.00596 e. The average molecular weight is 192 g/mol. The van der Waals surface area contributed by atoms with E-state index >= 15 is 0 Å². The topological polar surface area (TPSA) is 26.0 Å². The van der Waals surface area contributed by atoms with E-state index in [1.807, 2.05) is 0 Å². The lowest BCUT2D eigenvalue weighted by atomic mass is 9.88. The summed E-state index contributed by atoms with van der Waals surface area (Å²) in [5.74, 6) is 0.907. The zero-order chi connectivity index (χ0) is 6.69. The molecule has 0 aromatic rings. The van der Waals surface area contributed by atoms with Crippen molar-refractivity contribution in [3.8, 4) is 0 Å². The summed E-state index contributed by atoms with van der Waals surface area (Å²) in [5.41, 5.74) is 5.74. The minimum atomic E-state index is 0.500. The van der Waals surface area contributed by atoms with Gasteiger partial charge in [-0.25, -0.2) is 0 Å². The van der Waals surface area contributed by atoms with Gasteiger partial charge in [0.15, 0.2) is 0 Å². The highest BCUT2D eigenvalue weighted by molar-refractivity contribution is 9.09. The number of hydrogen-bond acceptors (Lipinski definition) is 1. The standard InChI is InChI=1S/C7H14BrN/c8-5-6-1-3-7(9)4-2-6/h6-7H,1-5,9H2. The van der Waals surface area contributed by atoms with Crippen LogP contribution >= 0.6 is 15.9 Å². The minimum absolute atomic E-state index is 0.500. The fourth-order valence-electron chi connectivity index (χ4n) is 1.34. The molecule has 2 N–H and O–H groups in total. The van der Waals surface area contributed by atoms with Crippen LogP contribution in [-0.2, 0) is 0 Å². The van der Waals surface area contributed by atoms with Crippen molar-refractivity contribution >= 4 is 15.9 Å². The van der Waals surface area contributed by atoms with E-state index in [1.165, 1.54) is 31.0 Å². The third kappa shape index (κ3) is 2.26. The zero-order valence-electron chi connectivity index (χ0n) is 5.65. The number of hydrogen-bond donors (Lipinski definition) is 1. The Hall–Kier alpha value is 0.440. The highest BCUT2D eigenvalue weighted by Gasteiger charge is 2.16. The van der Waals surface area contributed by atoms with Crippen molar-refractivity contribution in [2.24, 2.45) is 11.7 Å². The van der Waals surface area contributed by atoms with Crippen molar-refractivity contribution in [3.63, 3.8) is 0 Å². The largest absolute Gasteiger partial charge is 0.328 e. The second kappa shape index (κ2) is 3.57. The first-order valence-electron chi connectivity index (χ1n) is 3.64. The molecule has 1 aliphatic carbocycles. The maximum absolute atomic E-state index is 5.74. The Kier molecular flexibility index (Phi) is 2.99. The average Bonchev–Trinajstić information content (AvgIpc) is 1.90. The monoisotopic (exact) mass is 191 g/mol. The molecule has 0 heterocycles. The Bertz CT molecular complexity index is 77.0. The van der Waals surface area contributed by atoms with Gasteiger partial charge in [0.1, 0.15) is 0 Å². The third-order valence-electron chi connectivity index (χ3n) is 2.11. The van der Waals surface area contributed by atoms with Gasteiger partial charge in [-0.15, -0.1) is 0 Å². The van der Waals surface area contributed by atoms with Crippen LogP contribution in [0.4, 0.5) is 0 Å². The molecule has 9 heavy (non-hydrogen) atoms. The molecule has 0 saturated heterocycles. The predicted octanol–water partition coefficient (Wildman–Crippen LogP) is 1.90. The number of alkyl halides is 1. The molecule has 2 heteroatoms. The first kappa shape index (κ1) is 7.55. The van der Waals surface area contributed by atoms with E-state index in [0.717, 1.165) is 5.92 Å².